The molecule has 35 heavy (non-hydrogen) atoms. The van der Waals surface area contributed by atoms with E-state index in [1.54, 1.807) is 0 Å². The Morgan fingerprint density at radius 1 is 0.971 bits per heavy atom. The zero-order valence-corrected chi connectivity index (χ0v) is 20.4. The molecule has 1 aromatic heterocycles. The minimum atomic E-state index is 0.0265. The van der Waals surface area contributed by atoms with Crippen molar-refractivity contribution in [2.75, 3.05) is 24.7 Å². The number of para-hydroxylation sites is 2. The van der Waals surface area contributed by atoms with E-state index >= 15 is 0 Å². The number of halogens is 1. The van der Waals surface area contributed by atoms with Gasteiger partial charge < -0.3 is 18.9 Å². The van der Waals surface area contributed by atoms with Crippen LogP contribution in [0.15, 0.2) is 72.8 Å². The van der Waals surface area contributed by atoms with Gasteiger partial charge in [-0.1, -0.05) is 23.7 Å². The second kappa shape index (κ2) is 10.4. The summed E-state index contributed by atoms with van der Waals surface area (Å²) in [6.45, 7) is 4.52. The smallest absolute Gasteiger partial charge is 0.227 e. The second-order valence-corrected chi connectivity index (χ2v) is 9.04. The predicted molar refractivity (Wildman–Crippen MR) is 139 cm³/mol. The number of imidazole rings is 1. The van der Waals surface area contributed by atoms with Crippen molar-refractivity contribution in [1.82, 2.24) is 9.55 Å². The predicted octanol–water partition coefficient (Wildman–Crippen LogP) is 6.08. The fourth-order valence-electron chi connectivity index (χ4n) is 4.60. The summed E-state index contributed by atoms with van der Waals surface area (Å²) >= 11 is 5.96. The largest absolute Gasteiger partial charge is 0.494 e. The van der Waals surface area contributed by atoms with Crippen LogP contribution in [0.1, 0.15) is 31.5 Å². The molecule has 0 bridgehead atoms. The number of hydrogen-bond donors (Lipinski definition) is 0. The van der Waals surface area contributed by atoms with E-state index in [0.717, 1.165) is 47.0 Å². The highest BCUT2D eigenvalue weighted by atomic mass is 35.5. The van der Waals surface area contributed by atoms with E-state index in [0.29, 0.717) is 31.2 Å². The van der Waals surface area contributed by atoms with Gasteiger partial charge in [-0.15, -0.1) is 0 Å². The molecule has 0 aliphatic carbocycles. The van der Waals surface area contributed by atoms with Crippen LogP contribution in [0.4, 0.5) is 5.69 Å². The molecule has 0 unspecified atom stereocenters. The van der Waals surface area contributed by atoms with Crippen LogP contribution < -0.4 is 14.4 Å². The van der Waals surface area contributed by atoms with Crippen molar-refractivity contribution in [2.45, 2.75) is 32.2 Å². The van der Waals surface area contributed by atoms with Gasteiger partial charge in [-0.2, -0.15) is 0 Å². The van der Waals surface area contributed by atoms with Crippen LogP contribution in [-0.2, 0) is 11.3 Å². The van der Waals surface area contributed by atoms with Crippen LogP contribution in [0.25, 0.3) is 11.0 Å². The van der Waals surface area contributed by atoms with Crippen molar-refractivity contribution in [3.05, 3.63) is 83.6 Å². The van der Waals surface area contributed by atoms with Crippen LogP contribution in [0, 0.1) is 0 Å². The van der Waals surface area contributed by atoms with E-state index in [1.165, 1.54) is 0 Å². The van der Waals surface area contributed by atoms with E-state index in [9.17, 15) is 4.79 Å². The molecule has 3 aromatic carbocycles. The Balaban J connectivity index is 1.32. The zero-order chi connectivity index (χ0) is 24.2. The average Bonchev–Trinajstić information content (AvgIpc) is 3.44. The van der Waals surface area contributed by atoms with Gasteiger partial charge in [-0.3, -0.25) is 4.79 Å². The number of carbonyl (C=O) groups is 1. The third-order valence-electron chi connectivity index (χ3n) is 6.24. The number of aromatic nitrogens is 2. The normalized spacial score (nSPS) is 15.7. The molecule has 0 radical (unpaired) electrons. The Morgan fingerprint density at radius 2 is 1.69 bits per heavy atom. The molecule has 0 saturated carbocycles. The maximum Gasteiger partial charge on any atom is 0.227 e. The van der Waals surface area contributed by atoms with Crippen LogP contribution >= 0.6 is 11.6 Å². The molecule has 7 heteroatoms. The van der Waals surface area contributed by atoms with Gasteiger partial charge in [0.1, 0.15) is 17.3 Å². The van der Waals surface area contributed by atoms with Crippen LogP contribution in [0.5, 0.6) is 11.5 Å². The van der Waals surface area contributed by atoms with Gasteiger partial charge in [0.05, 0.1) is 24.2 Å². The molecule has 1 aliphatic heterocycles. The first-order chi connectivity index (χ1) is 17.1. The quantitative estimate of drug-likeness (QED) is 0.267. The molecular weight excluding hydrogens is 462 g/mol. The number of benzene rings is 3. The van der Waals surface area contributed by atoms with E-state index in [-0.39, 0.29) is 11.8 Å². The highest BCUT2D eigenvalue weighted by Gasteiger charge is 2.34. The Labute approximate surface area is 210 Å². The Bertz CT molecular complexity index is 1300. The van der Waals surface area contributed by atoms with E-state index in [4.69, 9.17) is 26.1 Å². The minimum Gasteiger partial charge on any atom is -0.494 e. The Morgan fingerprint density at radius 3 is 2.46 bits per heavy atom. The summed E-state index contributed by atoms with van der Waals surface area (Å²) < 4.78 is 13.7. The maximum atomic E-state index is 13.0. The van der Waals surface area contributed by atoms with Crippen molar-refractivity contribution >= 4 is 34.2 Å². The first kappa shape index (κ1) is 23.2. The highest BCUT2D eigenvalue weighted by molar-refractivity contribution is 6.30. The second-order valence-electron chi connectivity index (χ2n) is 8.60. The number of amides is 1. The summed E-state index contributed by atoms with van der Waals surface area (Å²) in [5.74, 6) is 2.71. The van der Waals surface area contributed by atoms with E-state index in [2.05, 4.69) is 10.6 Å². The highest BCUT2D eigenvalue weighted by Crippen LogP contribution is 2.34. The topological polar surface area (TPSA) is 56.6 Å². The average molecular weight is 490 g/mol. The number of anilines is 1. The molecule has 180 valence electrons. The Kier molecular flexibility index (Phi) is 6.91. The number of fused-ring (bicyclic) bond motifs is 1. The first-order valence-electron chi connectivity index (χ1n) is 12.0. The van der Waals surface area contributed by atoms with Crippen molar-refractivity contribution in [3.8, 4) is 11.5 Å². The molecule has 1 saturated heterocycles. The van der Waals surface area contributed by atoms with Crippen molar-refractivity contribution in [2.24, 2.45) is 0 Å². The number of carbonyl (C=O) groups excluding carboxylic acids is 1. The lowest BCUT2D eigenvalue weighted by molar-refractivity contribution is -0.117. The molecule has 6 nitrogen and oxygen atoms in total. The van der Waals surface area contributed by atoms with Gasteiger partial charge in [0.2, 0.25) is 5.91 Å². The minimum absolute atomic E-state index is 0.0265. The molecular formula is C28H28ClN3O3. The zero-order valence-electron chi connectivity index (χ0n) is 19.7. The number of rotatable bonds is 9. The maximum absolute atomic E-state index is 13.0. The van der Waals surface area contributed by atoms with Crippen LogP contribution in [0.3, 0.4) is 0 Å². The van der Waals surface area contributed by atoms with Gasteiger partial charge in [0.15, 0.2) is 0 Å². The Hall–Kier alpha value is -3.51. The number of hydrogen-bond acceptors (Lipinski definition) is 4. The van der Waals surface area contributed by atoms with Gasteiger partial charge in [-0.25, -0.2) is 4.98 Å². The molecule has 0 spiro atoms. The third kappa shape index (κ3) is 5.13. The molecule has 0 N–H and O–H groups in total. The van der Waals surface area contributed by atoms with E-state index < -0.39 is 0 Å². The van der Waals surface area contributed by atoms with Gasteiger partial charge >= 0.3 is 0 Å². The van der Waals surface area contributed by atoms with Crippen molar-refractivity contribution < 1.29 is 14.3 Å². The van der Waals surface area contributed by atoms with Crippen LogP contribution in [0.2, 0.25) is 5.02 Å². The van der Waals surface area contributed by atoms with E-state index in [1.807, 2.05) is 78.6 Å². The molecule has 1 amide bonds. The number of ether oxygens (including phenoxy) is 2. The fraction of sp³-hybridized carbons (Fsp3) is 0.286. The SMILES string of the molecule is CCOc1ccc(N2C[C@H](c3nc4ccccc4n3CCCOc3ccc(Cl)cc3)CC2=O)cc1. The number of nitrogens with zero attached hydrogens (tertiary/aromatic N) is 3. The third-order valence-corrected chi connectivity index (χ3v) is 6.49. The van der Waals surface area contributed by atoms with Gasteiger partial charge in [0, 0.05) is 36.1 Å². The van der Waals surface area contributed by atoms with Gasteiger partial charge in [0.25, 0.3) is 0 Å². The summed E-state index contributed by atoms with van der Waals surface area (Å²) in [5, 5.41) is 0.692. The summed E-state index contributed by atoms with van der Waals surface area (Å²) in [7, 11) is 0. The number of aryl methyl sites for hydroxylation is 1. The summed E-state index contributed by atoms with van der Waals surface area (Å²) in [5.41, 5.74) is 2.93. The lowest BCUT2D eigenvalue weighted by Gasteiger charge is -2.18. The standard InChI is InChI=1S/C28H28ClN3O3/c1-2-34-23-14-10-22(11-15-23)32-19-20(18-27(32)33)28-30-25-6-3-4-7-26(25)31(28)16-5-17-35-24-12-8-21(29)9-13-24/h3-4,6-15,20H,2,5,16-19H2,1H3/t20-/m1/s1. The molecule has 5 rings (SSSR count). The molecule has 2 heterocycles. The summed E-state index contributed by atoms with van der Waals surface area (Å²) in [6, 6.07) is 23.3. The van der Waals surface area contributed by atoms with Crippen LogP contribution in [-0.4, -0.2) is 35.2 Å². The monoisotopic (exact) mass is 489 g/mol. The van der Waals surface area contributed by atoms with Crippen molar-refractivity contribution in [1.29, 1.82) is 0 Å². The fourth-order valence-corrected chi connectivity index (χ4v) is 4.73. The molecule has 1 fully saturated rings. The lowest BCUT2D eigenvalue weighted by atomic mass is 10.1. The molecule has 1 aliphatic rings. The van der Waals surface area contributed by atoms with Gasteiger partial charge in [-0.05, 0) is 74.0 Å². The lowest BCUT2D eigenvalue weighted by Crippen LogP contribution is -2.24. The first-order valence-corrected chi connectivity index (χ1v) is 12.4. The molecule has 4 aromatic rings. The molecule has 1 atom stereocenters. The summed E-state index contributed by atoms with van der Waals surface area (Å²) in [6.07, 6.45) is 1.26. The van der Waals surface area contributed by atoms with Crippen molar-refractivity contribution in [3.63, 3.8) is 0 Å². The summed E-state index contributed by atoms with van der Waals surface area (Å²) in [4.78, 5) is 19.8.